The number of hydrogen-bond acceptors (Lipinski definition) is 6. The zero-order chi connectivity index (χ0) is 17.4. The van der Waals surface area contributed by atoms with Crippen LogP contribution in [0.4, 0.5) is 11.4 Å². The zero-order valence-corrected chi connectivity index (χ0v) is 14.6. The van der Waals surface area contributed by atoms with Crippen LogP contribution in [0.25, 0.3) is 10.9 Å². The maximum Gasteiger partial charge on any atom is 0.341 e. The number of hydrogen-bond donors (Lipinski definition) is 1. The summed E-state index contributed by atoms with van der Waals surface area (Å²) in [6.45, 7) is 2.11. The molecule has 0 amide bonds. The molecule has 25 heavy (non-hydrogen) atoms. The van der Waals surface area contributed by atoms with Crippen molar-refractivity contribution < 1.29 is 14.3 Å². The number of ether oxygens (including phenoxy) is 2. The van der Waals surface area contributed by atoms with E-state index >= 15 is 0 Å². The molecule has 0 aliphatic carbocycles. The molecule has 0 atom stereocenters. The lowest BCUT2D eigenvalue weighted by molar-refractivity contribution is 0.0527. The SMILES string of the molecule is CCOC(=O)c1cnc2cc(OC)cc3c2c1Nc1ccccc1S3. The summed E-state index contributed by atoms with van der Waals surface area (Å²) >= 11 is 1.62. The first kappa shape index (κ1) is 15.8. The molecule has 0 fully saturated rings. The highest BCUT2D eigenvalue weighted by Crippen LogP contribution is 2.46. The largest absolute Gasteiger partial charge is 0.497 e. The molecule has 0 bridgehead atoms. The molecule has 0 saturated carbocycles. The van der Waals surface area contributed by atoms with Crippen molar-refractivity contribution in [2.45, 2.75) is 16.7 Å². The Labute approximate surface area is 149 Å². The predicted molar refractivity (Wildman–Crippen MR) is 98.1 cm³/mol. The molecule has 6 heteroatoms. The van der Waals surface area contributed by atoms with Gasteiger partial charge in [-0.15, -0.1) is 0 Å². The summed E-state index contributed by atoms with van der Waals surface area (Å²) in [5.74, 6) is 0.349. The van der Waals surface area contributed by atoms with E-state index in [1.54, 1.807) is 32.0 Å². The van der Waals surface area contributed by atoms with Gasteiger partial charge < -0.3 is 14.8 Å². The molecule has 0 radical (unpaired) electrons. The van der Waals surface area contributed by atoms with Gasteiger partial charge in [0.25, 0.3) is 0 Å². The first-order valence-electron chi connectivity index (χ1n) is 7.93. The second kappa shape index (κ2) is 6.29. The summed E-state index contributed by atoms with van der Waals surface area (Å²) in [4.78, 5) is 18.9. The number of anilines is 2. The smallest absolute Gasteiger partial charge is 0.341 e. The van der Waals surface area contributed by atoms with Crippen molar-refractivity contribution in [3.05, 3.63) is 48.2 Å². The minimum absolute atomic E-state index is 0.317. The molecule has 2 aromatic carbocycles. The van der Waals surface area contributed by atoms with Gasteiger partial charge in [-0.2, -0.15) is 0 Å². The van der Waals surface area contributed by atoms with Crippen LogP contribution in [0.1, 0.15) is 17.3 Å². The number of methoxy groups -OCH3 is 1. The van der Waals surface area contributed by atoms with E-state index < -0.39 is 0 Å². The van der Waals surface area contributed by atoms with Gasteiger partial charge in [0.1, 0.15) is 11.3 Å². The molecule has 1 aliphatic rings. The quantitative estimate of drug-likeness (QED) is 0.543. The maximum atomic E-state index is 12.4. The van der Waals surface area contributed by atoms with Crippen LogP contribution in [0, 0.1) is 0 Å². The number of nitrogens with zero attached hydrogens (tertiary/aromatic N) is 1. The molecule has 0 unspecified atom stereocenters. The van der Waals surface area contributed by atoms with Gasteiger partial charge in [-0.05, 0) is 25.1 Å². The average molecular weight is 352 g/mol. The van der Waals surface area contributed by atoms with Crippen LogP contribution in [-0.4, -0.2) is 24.7 Å². The molecule has 0 spiro atoms. The molecule has 2 heterocycles. The number of fused-ring (bicyclic) bond motifs is 1. The monoisotopic (exact) mass is 352 g/mol. The summed E-state index contributed by atoms with van der Waals surface area (Å²) in [5.41, 5.74) is 2.86. The molecule has 3 aromatic rings. The standard InChI is InChI=1S/C19H16N2O3S/c1-3-24-19(22)12-10-20-14-8-11(23-2)9-16-17(14)18(12)21-13-6-4-5-7-15(13)25-16/h4-10,21H,3H2,1-2H3. The van der Waals surface area contributed by atoms with Gasteiger partial charge >= 0.3 is 5.97 Å². The first-order chi connectivity index (χ1) is 12.2. The van der Waals surface area contributed by atoms with Gasteiger partial charge in [-0.25, -0.2) is 4.79 Å². The van der Waals surface area contributed by atoms with Crippen LogP contribution in [0.5, 0.6) is 5.75 Å². The molecular weight excluding hydrogens is 336 g/mol. The number of rotatable bonds is 3. The third-order valence-electron chi connectivity index (χ3n) is 4.00. The fourth-order valence-corrected chi connectivity index (χ4v) is 3.96. The second-order valence-corrected chi connectivity index (χ2v) is 6.59. The Morgan fingerprint density at radius 3 is 2.88 bits per heavy atom. The van der Waals surface area contributed by atoms with Crippen LogP contribution >= 0.6 is 11.8 Å². The summed E-state index contributed by atoms with van der Waals surface area (Å²) in [7, 11) is 1.63. The predicted octanol–water partition coefficient (Wildman–Crippen LogP) is 4.63. The number of carbonyl (C=O) groups excluding carboxylic acids is 1. The van der Waals surface area contributed by atoms with E-state index in [2.05, 4.69) is 10.3 Å². The van der Waals surface area contributed by atoms with Crippen molar-refractivity contribution in [1.29, 1.82) is 0 Å². The van der Waals surface area contributed by atoms with E-state index in [9.17, 15) is 4.79 Å². The Hall–Kier alpha value is -2.73. The normalized spacial score (nSPS) is 12.1. The lowest BCUT2D eigenvalue weighted by Gasteiger charge is -2.14. The maximum absolute atomic E-state index is 12.4. The Morgan fingerprint density at radius 2 is 2.08 bits per heavy atom. The topological polar surface area (TPSA) is 60.5 Å². The molecule has 0 saturated heterocycles. The number of esters is 1. The molecule has 1 N–H and O–H groups in total. The number of carbonyl (C=O) groups is 1. The van der Waals surface area contributed by atoms with E-state index in [0.29, 0.717) is 12.2 Å². The van der Waals surface area contributed by atoms with Crippen LogP contribution in [0.3, 0.4) is 0 Å². The summed E-state index contributed by atoms with van der Waals surface area (Å²) in [5, 5.41) is 4.31. The Morgan fingerprint density at radius 1 is 1.24 bits per heavy atom. The fraction of sp³-hybridized carbons (Fsp3) is 0.158. The van der Waals surface area contributed by atoms with E-state index in [0.717, 1.165) is 37.8 Å². The van der Waals surface area contributed by atoms with Gasteiger partial charge in [0.2, 0.25) is 0 Å². The number of pyridine rings is 1. The molecule has 4 rings (SSSR count). The number of nitrogens with one attached hydrogen (secondary N) is 1. The highest BCUT2D eigenvalue weighted by Gasteiger charge is 2.23. The number of para-hydroxylation sites is 1. The number of aromatic nitrogens is 1. The van der Waals surface area contributed by atoms with Crippen molar-refractivity contribution in [1.82, 2.24) is 4.98 Å². The van der Waals surface area contributed by atoms with Gasteiger partial charge in [0, 0.05) is 27.4 Å². The molecule has 126 valence electrons. The zero-order valence-electron chi connectivity index (χ0n) is 13.8. The third kappa shape index (κ3) is 2.68. The van der Waals surface area contributed by atoms with Crippen molar-refractivity contribution in [3.8, 4) is 5.75 Å². The second-order valence-electron chi connectivity index (χ2n) is 5.51. The van der Waals surface area contributed by atoms with Crippen LogP contribution in [-0.2, 0) is 4.74 Å². The van der Waals surface area contributed by atoms with Crippen LogP contribution in [0.15, 0.2) is 52.4 Å². The summed E-state index contributed by atoms with van der Waals surface area (Å²) in [6, 6.07) is 11.8. The van der Waals surface area contributed by atoms with Gasteiger partial charge in [-0.1, -0.05) is 23.9 Å². The van der Waals surface area contributed by atoms with Crippen LogP contribution in [0.2, 0.25) is 0 Å². The van der Waals surface area contributed by atoms with E-state index in [-0.39, 0.29) is 5.97 Å². The molecule has 1 aromatic heterocycles. The fourth-order valence-electron chi connectivity index (χ4n) is 2.87. The minimum Gasteiger partial charge on any atom is -0.497 e. The molecular formula is C19H16N2O3S. The van der Waals surface area contributed by atoms with Gasteiger partial charge in [0.05, 0.1) is 30.6 Å². The summed E-state index contributed by atoms with van der Waals surface area (Å²) < 4.78 is 10.6. The highest BCUT2D eigenvalue weighted by atomic mass is 32.2. The van der Waals surface area contributed by atoms with Crippen LogP contribution < -0.4 is 10.1 Å². The minimum atomic E-state index is -0.384. The van der Waals surface area contributed by atoms with Crippen molar-refractivity contribution in [2.24, 2.45) is 0 Å². The third-order valence-corrected chi connectivity index (χ3v) is 5.12. The lowest BCUT2D eigenvalue weighted by atomic mass is 10.1. The van der Waals surface area contributed by atoms with Crippen molar-refractivity contribution in [2.75, 3.05) is 19.0 Å². The lowest BCUT2D eigenvalue weighted by Crippen LogP contribution is -2.09. The van der Waals surface area contributed by atoms with E-state index in [4.69, 9.17) is 9.47 Å². The van der Waals surface area contributed by atoms with E-state index in [1.165, 1.54) is 0 Å². The summed E-state index contributed by atoms with van der Waals surface area (Å²) in [6.07, 6.45) is 1.56. The van der Waals surface area contributed by atoms with Gasteiger partial charge in [0.15, 0.2) is 0 Å². The first-order valence-corrected chi connectivity index (χ1v) is 8.74. The van der Waals surface area contributed by atoms with Gasteiger partial charge in [-0.3, -0.25) is 4.98 Å². The molecule has 5 nitrogen and oxygen atoms in total. The Kier molecular flexibility index (Phi) is 3.97. The van der Waals surface area contributed by atoms with E-state index in [1.807, 2.05) is 36.4 Å². The number of benzene rings is 2. The van der Waals surface area contributed by atoms with Crippen molar-refractivity contribution >= 4 is 40.0 Å². The highest BCUT2D eigenvalue weighted by molar-refractivity contribution is 7.99. The Balaban J connectivity index is 2.02. The molecule has 1 aliphatic heterocycles. The van der Waals surface area contributed by atoms with Crippen molar-refractivity contribution in [3.63, 3.8) is 0 Å². The Bertz CT molecular complexity index is 988. The average Bonchev–Trinajstić information content (AvgIpc) is 2.79.